The maximum Gasteiger partial charge on any atom is 0.243 e. The van der Waals surface area contributed by atoms with Gasteiger partial charge in [-0.2, -0.15) is 0 Å². The molecule has 2 aromatic carbocycles. The van der Waals surface area contributed by atoms with Gasteiger partial charge in [0.05, 0.1) is 6.42 Å². The van der Waals surface area contributed by atoms with Crippen LogP contribution >= 0.6 is 11.6 Å². The maximum absolute atomic E-state index is 13.3. The summed E-state index contributed by atoms with van der Waals surface area (Å²) in [6.45, 7) is 10.2. The van der Waals surface area contributed by atoms with E-state index >= 15 is 0 Å². The summed E-state index contributed by atoms with van der Waals surface area (Å²) in [5.41, 5.74) is 4.25. The molecule has 156 valence electrons. The van der Waals surface area contributed by atoms with Crippen LogP contribution in [-0.4, -0.2) is 28.8 Å². The zero-order valence-corrected chi connectivity index (χ0v) is 18.7. The lowest BCUT2D eigenvalue weighted by Crippen LogP contribution is -2.50. The lowest BCUT2D eigenvalue weighted by molar-refractivity contribution is -0.141. The van der Waals surface area contributed by atoms with Crippen molar-refractivity contribution >= 4 is 23.4 Å². The largest absolute Gasteiger partial charge is 0.352 e. The van der Waals surface area contributed by atoms with Gasteiger partial charge >= 0.3 is 0 Å². The molecule has 5 heteroatoms. The molecule has 1 atom stereocenters. The summed E-state index contributed by atoms with van der Waals surface area (Å²) in [4.78, 5) is 27.8. The van der Waals surface area contributed by atoms with Gasteiger partial charge in [-0.3, -0.25) is 9.59 Å². The monoisotopic (exact) mass is 414 g/mol. The topological polar surface area (TPSA) is 49.4 Å². The highest BCUT2D eigenvalue weighted by Crippen LogP contribution is 2.18. The van der Waals surface area contributed by atoms with Gasteiger partial charge in [-0.1, -0.05) is 48.9 Å². The standard InChI is InChI=1S/C24H31ClN2O2/c1-6-22(24(29)26-16(2)3)27(15-19-9-11-21(25)12-10-19)23(28)14-20-8-7-17(4)18(5)13-20/h7-13,16,22H,6,14-15H2,1-5H3,(H,26,29)/t22-/m1/s1. The van der Waals surface area contributed by atoms with Crippen LogP contribution in [0.15, 0.2) is 42.5 Å². The summed E-state index contributed by atoms with van der Waals surface area (Å²) in [5.74, 6) is -0.182. The Hall–Kier alpha value is -2.33. The average Bonchev–Trinajstić information content (AvgIpc) is 2.65. The first-order valence-electron chi connectivity index (χ1n) is 10.1. The Morgan fingerprint density at radius 2 is 1.62 bits per heavy atom. The van der Waals surface area contributed by atoms with Crippen molar-refractivity contribution < 1.29 is 9.59 Å². The van der Waals surface area contributed by atoms with Crippen LogP contribution in [0.3, 0.4) is 0 Å². The first kappa shape index (κ1) is 23.0. The SMILES string of the molecule is CC[C@H](C(=O)NC(C)C)N(Cc1ccc(Cl)cc1)C(=O)Cc1ccc(C)c(C)c1. The fraction of sp³-hybridized carbons (Fsp3) is 0.417. The Bertz CT molecular complexity index is 846. The number of halogens is 1. The van der Waals surface area contributed by atoms with Gasteiger partial charge in [-0.25, -0.2) is 0 Å². The molecule has 0 heterocycles. The van der Waals surface area contributed by atoms with E-state index in [-0.39, 0.29) is 24.3 Å². The van der Waals surface area contributed by atoms with Crippen LogP contribution in [0.2, 0.25) is 5.02 Å². The molecule has 0 aliphatic rings. The third kappa shape index (κ3) is 6.60. The number of carbonyl (C=O) groups excluding carboxylic acids is 2. The van der Waals surface area contributed by atoms with Gasteiger partial charge < -0.3 is 10.2 Å². The van der Waals surface area contributed by atoms with E-state index in [1.165, 1.54) is 5.56 Å². The van der Waals surface area contributed by atoms with Crippen molar-refractivity contribution in [3.05, 3.63) is 69.7 Å². The van der Waals surface area contributed by atoms with E-state index in [0.29, 0.717) is 18.0 Å². The molecule has 0 unspecified atom stereocenters. The quantitative estimate of drug-likeness (QED) is 0.672. The molecule has 1 N–H and O–H groups in total. The van der Waals surface area contributed by atoms with Gasteiger partial charge in [-0.15, -0.1) is 0 Å². The molecule has 0 aromatic heterocycles. The third-order valence-corrected chi connectivity index (χ3v) is 5.26. The van der Waals surface area contributed by atoms with Crippen LogP contribution in [0, 0.1) is 13.8 Å². The highest BCUT2D eigenvalue weighted by Gasteiger charge is 2.29. The number of amides is 2. The van der Waals surface area contributed by atoms with Crippen LogP contribution in [0.25, 0.3) is 0 Å². The van der Waals surface area contributed by atoms with Gasteiger partial charge in [0, 0.05) is 17.6 Å². The molecule has 4 nitrogen and oxygen atoms in total. The smallest absolute Gasteiger partial charge is 0.243 e. The summed E-state index contributed by atoms with van der Waals surface area (Å²) >= 11 is 6.00. The average molecular weight is 415 g/mol. The molecule has 0 aliphatic heterocycles. The van der Waals surface area contributed by atoms with E-state index in [4.69, 9.17) is 11.6 Å². The Balaban J connectivity index is 2.30. The van der Waals surface area contributed by atoms with E-state index in [0.717, 1.165) is 16.7 Å². The molecule has 2 amide bonds. The normalized spacial score (nSPS) is 12.0. The summed E-state index contributed by atoms with van der Waals surface area (Å²) in [5, 5.41) is 3.60. The number of hydrogen-bond donors (Lipinski definition) is 1. The van der Waals surface area contributed by atoms with E-state index in [1.807, 2.05) is 58.0 Å². The first-order chi connectivity index (χ1) is 13.7. The van der Waals surface area contributed by atoms with Crippen molar-refractivity contribution in [2.75, 3.05) is 0 Å². The minimum atomic E-state index is -0.521. The number of rotatable bonds is 8. The Morgan fingerprint density at radius 1 is 1.00 bits per heavy atom. The lowest BCUT2D eigenvalue weighted by atomic mass is 10.0. The van der Waals surface area contributed by atoms with Gasteiger partial charge in [-0.05, 0) is 68.5 Å². The Labute approximate surface area is 179 Å². The number of carbonyl (C=O) groups is 2. The molecule has 0 saturated carbocycles. The molecule has 0 spiro atoms. The van der Waals surface area contributed by atoms with Crippen LogP contribution in [0.5, 0.6) is 0 Å². The molecule has 2 aromatic rings. The van der Waals surface area contributed by atoms with Gasteiger partial charge in [0.15, 0.2) is 0 Å². The molecule has 0 bridgehead atoms. The van der Waals surface area contributed by atoms with Crippen molar-refractivity contribution in [2.24, 2.45) is 0 Å². The lowest BCUT2D eigenvalue weighted by Gasteiger charge is -2.31. The van der Waals surface area contributed by atoms with Crippen LogP contribution in [-0.2, 0) is 22.6 Å². The molecule has 0 aliphatic carbocycles. The first-order valence-corrected chi connectivity index (χ1v) is 10.5. The third-order valence-electron chi connectivity index (χ3n) is 5.01. The van der Waals surface area contributed by atoms with Crippen molar-refractivity contribution in [1.82, 2.24) is 10.2 Å². The second kappa shape index (κ2) is 10.4. The molecular formula is C24H31ClN2O2. The zero-order chi connectivity index (χ0) is 21.6. The minimum absolute atomic E-state index is 0.0174. The summed E-state index contributed by atoms with van der Waals surface area (Å²) in [6, 6.07) is 13.0. The number of hydrogen-bond acceptors (Lipinski definition) is 2. The van der Waals surface area contributed by atoms with Crippen molar-refractivity contribution in [1.29, 1.82) is 0 Å². The highest BCUT2D eigenvalue weighted by molar-refractivity contribution is 6.30. The maximum atomic E-state index is 13.3. The molecule has 29 heavy (non-hydrogen) atoms. The van der Waals surface area contributed by atoms with Gasteiger partial charge in [0.1, 0.15) is 6.04 Å². The van der Waals surface area contributed by atoms with Crippen LogP contribution in [0.4, 0.5) is 0 Å². The van der Waals surface area contributed by atoms with E-state index in [9.17, 15) is 9.59 Å². The predicted molar refractivity (Wildman–Crippen MR) is 119 cm³/mol. The Morgan fingerprint density at radius 3 is 2.17 bits per heavy atom. The second-order valence-electron chi connectivity index (χ2n) is 7.83. The fourth-order valence-electron chi connectivity index (χ4n) is 3.28. The van der Waals surface area contributed by atoms with E-state index < -0.39 is 6.04 Å². The number of nitrogens with one attached hydrogen (secondary N) is 1. The summed E-state index contributed by atoms with van der Waals surface area (Å²) < 4.78 is 0. The molecule has 0 saturated heterocycles. The van der Waals surface area contributed by atoms with Gasteiger partial charge in [0.25, 0.3) is 0 Å². The van der Waals surface area contributed by atoms with Crippen molar-refractivity contribution in [3.63, 3.8) is 0 Å². The van der Waals surface area contributed by atoms with Crippen LogP contribution in [0.1, 0.15) is 49.4 Å². The molecule has 2 rings (SSSR count). The Kier molecular flexibility index (Phi) is 8.27. The predicted octanol–water partition coefficient (Wildman–Crippen LogP) is 4.83. The van der Waals surface area contributed by atoms with Gasteiger partial charge in [0.2, 0.25) is 11.8 Å². The van der Waals surface area contributed by atoms with Crippen LogP contribution < -0.4 is 5.32 Å². The highest BCUT2D eigenvalue weighted by atomic mass is 35.5. The number of nitrogens with zero attached hydrogens (tertiary/aromatic N) is 1. The molecule has 0 fully saturated rings. The minimum Gasteiger partial charge on any atom is -0.352 e. The molecule has 0 radical (unpaired) electrons. The zero-order valence-electron chi connectivity index (χ0n) is 18.0. The van der Waals surface area contributed by atoms with Crippen molar-refractivity contribution in [3.8, 4) is 0 Å². The molecular weight excluding hydrogens is 384 g/mol. The van der Waals surface area contributed by atoms with Crippen molar-refractivity contribution in [2.45, 2.75) is 66.1 Å². The van der Waals surface area contributed by atoms with E-state index in [2.05, 4.69) is 12.2 Å². The number of benzene rings is 2. The second-order valence-corrected chi connectivity index (χ2v) is 8.27. The summed E-state index contributed by atoms with van der Waals surface area (Å²) in [6.07, 6.45) is 0.810. The number of aryl methyl sites for hydroxylation is 2. The fourth-order valence-corrected chi connectivity index (χ4v) is 3.40. The summed E-state index contributed by atoms with van der Waals surface area (Å²) in [7, 11) is 0. The van der Waals surface area contributed by atoms with E-state index in [1.54, 1.807) is 17.0 Å².